The molecule has 0 radical (unpaired) electrons. The molecule has 1 aromatic heterocycles. The van der Waals surface area contributed by atoms with Gasteiger partial charge in [-0.25, -0.2) is 0 Å². The highest BCUT2D eigenvalue weighted by atomic mass is 16.1. The van der Waals surface area contributed by atoms with Crippen LogP contribution in [0.5, 0.6) is 0 Å². The van der Waals surface area contributed by atoms with Crippen LogP contribution in [-0.2, 0) is 11.2 Å². The lowest BCUT2D eigenvalue weighted by Crippen LogP contribution is -2.20. The summed E-state index contributed by atoms with van der Waals surface area (Å²) in [6.45, 7) is 0. The standard InChI is InChI=1S/C14H17NO/c16-13-9-12-7-4-8-15(12)14(10-13)11-5-2-1-3-6-11/h4,7-8,10-11H,1-3,5-6,9H2. The van der Waals surface area contributed by atoms with Crippen LogP contribution in [0.3, 0.4) is 0 Å². The number of hydrogen-bond acceptors (Lipinski definition) is 1. The molecule has 1 saturated carbocycles. The first-order valence-electron chi connectivity index (χ1n) is 6.25. The van der Waals surface area contributed by atoms with Crippen LogP contribution in [0.2, 0.25) is 0 Å². The summed E-state index contributed by atoms with van der Waals surface area (Å²) in [6.07, 6.45) is 11.0. The number of hydrogen-bond donors (Lipinski definition) is 0. The maximum atomic E-state index is 11.7. The highest BCUT2D eigenvalue weighted by Crippen LogP contribution is 2.34. The highest BCUT2D eigenvalue weighted by molar-refractivity contribution is 5.97. The second-order valence-corrected chi connectivity index (χ2v) is 4.92. The summed E-state index contributed by atoms with van der Waals surface area (Å²) in [6, 6.07) is 4.11. The quantitative estimate of drug-likeness (QED) is 0.705. The van der Waals surface area contributed by atoms with Crippen LogP contribution in [0.25, 0.3) is 5.70 Å². The van der Waals surface area contributed by atoms with Crippen molar-refractivity contribution >= 4 is 11.5 Å². The van der Waals surface area contributed by atoms with Crippen molar-refractivity contribution in [2.75, 3.05) is 0 Å². The second kappa shape index (κ2) is 3.93. The first-order valence-corrected chi connectivity index (χ1v) is 6.25. The smallest absolute Gasteiger partial charge is 0.163 e. The van der Waals surface area contributed by atoms with Crippen LogP contribution >= 0.6 is 0 Å². The van der Waals surface area contributed by atoms with E-state index in [2.05, 4.69) is 16.8 Å². The minimum Gasteiger partial charge on any atom is -0.324 e. The van der Waals surface area contributed by atoms with Gasteiger partial charge in [-0.2, -0.15) is 0 Å². The molecule has 0 aromatic carbocycles. The van der Waals surface area contributed by atoms with Crippen molar-refractivity contribution in [1.29, 1.82) is 0 Å². The van der Waals surface area contributed by atoms with Crippen LogP contribution in [0.15, 0.2) is 24.4 Å². The van der Waals surface area contributed by atoms with Crippen molar-refractivity contribution < 1.29 is 4.79 Å². The molecule has 0 bridgehead atoms. The Labute approximate surface area is 96.0 Å². The second-order valence-electron chi connectivity index (χ2n) is 4.92. The minimum absolute atomic E-state index is 0.270. The number of aromatic nitrogens is 1. The fraction of sp³-hybridized carbons (Fsp3) is 0.500. The molecule has 1 fully saturated rings. The Morgan fingerprint density at radius 2 is 2.00 bits per heavy atom. The maximum Gasteiger partial charge on any atom is 0.163 e. The number of rotatable bonds is 1. The van der Waals surface area contributed by atoms with E-state index in [0.29, 0.717) is 12.3 Å². The number of carbonyl (C=O) groups is 1. The van der Waals surface area contributed by atoms with Crippen molar-refractivity contribution in [2.45, 2.75) is 38.5 Å². The third-order valence-electron chi connectivity index (χ3n) is 3.80. The predicted molar refractivity (Wildman–Crippen MR) is 64.0 cm³/mol. The Hall–Kier alpha value is -1.31. The van der Waals surface area contributed by atoms with Gasteiger partial charge in [0.1, 0.15) is 0 Å². The van der Waals surface area contributed by atoms with Gasteiger partial charge in [-0.15, -0.1) is 0 Å². The number of nitrogens with zero attached hydrogens (tertiary/aromatic N) is 1. The molecule has 2 heterocycles. The summed E-state index contributed by atoms with van der Waals surface area (Å²) < 4.78 is 2.23. The molecule has 0 amide bonds. The summed E-state index contributed by atoms with van der Waals surface area (Å²) in [7, 11) is 0. The Balaban J connectivity index is 1.95. The molecule has 3 rings (SSSR count). The molecule has 16 heavy (non-hydrogen) atoms. The van der Waals surface area contributed by atoms with Crippen LogP contribution in [0, 0.1) is 5.92 Å². The molecule has 2 nitrogen and oxygen atoms in total. The number of carbonyl (C=O) groups excluding carboxylic acids is 1. The van der Waals surface area contributed by atoms with E-state index in [1.807, 2.05) is 12.1 Å². The zero-order valence-electron chi connectivity index (χ0n) is 9.48. The van der Waals surface area contributed by atoms with Gasteiger partial charge in [0, 0.05) is 23.7 Å². The average Bonchev–Trinajstić information content (AvgIpc) is 2.77. The Morgan fingerprint density at radius 1 is 1.19 bits per heavy atom. The van der Waals surface area contributed by atoms with E-state index in [9.17, 15) is 4.79 Å². The molecule has 2 heteroatoms. The van der Waals surface area contributed by atoms with Gasteiger partial charge in [-0.1, -0.05) is 19.3 Å². The minimum atomic E-state index is 0.270. The van der Waals surface area contributed by atoms with E-state index in [1.54, 1.807) is 0 Å². The lowest BCUT2D eigenvalue weighted by Gasteiger charge is -2.28. The van der Waals surface area contributed by atoms with Gasteiger partial charge in [0.05, 0.1) is 6.42 Å². The maximum absolute atomic E-state index is 11.7. The molecule has 1 aliphatic carbocycles. The fourth-order valence-electron chi connectivity index (χ4n) is 2.99. The van der Waals surface area contributed by atoms with E-state index in [1.165, 1.54) is 37.8 Å². The highest BCUT2D eigenvalue weighted by Gasteiger charge is 2.24. The van der Waals surface area contributed by atoms with Gasteiger partial charge in [-0.3, -0.25) is 4.79 Å². The van der Waals surface area contributed by atoms with Crippen molar-refractivity contribution in [3.63, 3.8) is 0 Å². The van der Waals surface area contributed by atoms with Crippen LogP contribution in [-0.4, -0.2) is 10.4 Å². The Morgan fingerprint density at radius 3 is 2.81 bits per heavy atom. The van der Waals surface area contributed by atoms with E-state index >= 15 is 0 Å². The fourth-order valence-corrected chi connectivity index (χ4v) is 2.99. The average molecular weight is 215 g/mol. The summed E-state index contributed by atoms with van der Waals surface area (Å²) >= 11 is 0. The molecule has 1 aliphatic heterocycles. The molecule has 0 atom stereocenters. The monoisotopic (exact) mass is 215 g/mol. The van der Waals surface area contributed by atoms with Crippen LogP contribution in [0.4, 0.5) is 0 Å². The van der Waals surface area contributed by atoms with E-state index < -0.39 is 0 Å². The van der Waals surface area contributed by atoms with Crippen molar-refractivity contribution in [3.8, 4) is 0 Å². The lowest BCUT2D eigenvalue weighted by molar-refractivity contribution is -0.114. The molecule has 0 spiro atoms. The summed E-state index contributed by atoms with van der Waals surface area (Å²) in [4.78, 5) is 11.7. The number of fused-ring (bicyclic) bond motifs is 1. The van der Waals surface area contributed by atoms with Crippen molar-refractivity contribution in [3.05, 3.63) is 30.1 Å². The van der Waals surface area contributed by atoms with E-state index in [0.717, 1.165) is 5.69 Å². The van der Waals surface area contributed by atoms with Gasteiger partial charge in [-0.05, 0) is 30.9 Å². The molecule has 84 valence electrons. The molecule has 0 unspecified atom stereocenters. The number of ketones is 1. The van der Waals surface area contributed by atoms with E-state index in [4.69, 9.17) is 0 Å². The first-order chi connectivity index (χ1) is 7.84. The largest absolute Gasteiger partial charge is 0.324 e. The SMILES string of the molecule is O=C1C=C(C2CCCCC2)n2cccc2C1. The Bertz CT molecular complexity index is 435. The summed E-state index contributed by atoms with van der Waals surface area (Å²) in [5.41, 5.74) is 2.41. The van der Waals surface area contributed by atoms with Crippen molar-refractivity contribution in [1.82, 2.24) is 4.57 Å². The van der Waals surface area contributed by atoms with Crippen LogP contribution in [0.1, 0.15) is 37.8 Å². The topological polar surface area (TPSA) is 22.0 Å². The number of allylic oxidation sites excluding steroid dienone is 2. The van der Waals surface area contributed by atoms with Crippen molar-refractivity contribution in [2.24, 2.45) is 5.92 Å². The first kappa shape index (κ1) is 9.88. The molecule has 1 aromatic rings. The zero-order chi connectivity index (χ0) is 11.0. The molecule has 0 N–H and O–H groups in total. The van der Waals surface area contributed by atoms with Gasteiger partial charge in [0.15, 0.2) is 5.78 Å². The van der Waals surface area contributed by atoms with Gasteiger partial charge >= 0.3 is 0 Å². The summed E-state index contributed by atoms with van der Waals surface area (Å²) in [5, 5.41) is 0. The lowest BCUT2D eigenvalue weighted by atomic mass is 9.85. The molecular formula is C14H17NO. The van der Waals surface area contributed by atoms with Gasteiger partial charge < -0.3 is 4.57 Å². The predicted octanol–water partition coefficient (Wildman–Crippen LogP) is 3.03. The third kappa shape index (κ3) is 1.62. The van der Waals surface area contributed by atoms with Crippen LogP contribution < -0.4 is 0 Å². The van der Waals surface area contributed by atoms with Gasteiger partial charge in [0.25, 0.3) is 0 Å². The van der Waals surface area contributed by atoms with E-state index in [-0.39, 0.29) is 5.78 Å². The molecule has 2 aliphatic rings. The molecule has 0 saturated heterocycles. The third-order valence-corrected chi connectivity index (χ3v) is 3.80. The Kier molecular flexibility index (Phi) is 2.43. The normalized spacial score (nSPS) is 21.8. The molecular weight excluding hydrogens is 198 g/mol. The summed E-state index contributed by atoms with van der Waals surface area (Å²) in [5.74, 6) is 0.871. The zero-order valence-corrected chi connectivity index (χ0v) is 9.48. The van der Waals surface area contributed by atoms with Gasteiger partial charge in [0.2, 0.25) is 0 Å².